The first-order chi connectivity index (χ1) is 9.16. The molecule has 0 saturated heterocycles. The molecule has 0 heterocycles. The van der Waals surface area contributed by atoms with Gasteiger partial charge in [0, 0.05) is 6.07 Å². The molecular formula is C11H13F6NO2. The summed E-state index contributed by atoms with van der Waals surface area (Å²) in [7, 11) is 0. The summed E-state index contributed by atoms with van der Waals surface area (Å²) in [5.41, 5.74) is -4.69. The van der Waals surface area contributed by atoms with Gasteiger partial charge < -0.3 is 0 Å². The first kappa shape index (κ1) is 20.5. The van der Waals surface area contributed by atoms with Crippen LogP contribution in [-0.4, -0.2) is 4.92 Å². The topological polar surface area (TPSA) is 43.1 Å². The summed E-state index contributed by atoms with van der Waals surface area (Å²) in [6.45, 7) is 8.00. The number of nitro benzene ring substituents is 1. The molecule has 20 heavy (non-hydrogen) atoms. The molecule has 1 rings (SSSR count). The maximum absolute atomic E-state index is 12.7. The van der Waals surface area contributed by atoms with Crippen LogP contribution in [0.1, 0.15) is 33.3 Å². The molecule has 0 spiro atoms. The van der Waals surface area contributed by atoms with Crippen molar-refractivity contribution in [3.8, 4) is 0 Å². The fourth-order valence-electron chi connectivity index (χ4n) is 1.02. The second kappa shape index (κ2) is 8.39. The summed E-state index contributed by atoms with van der Waals surface area (Å²) in [5, 5.41) is 10.1. The van der Waals surface area contributed by atoms with E-state index in [1.54, 1.807) is 0 Å². The van der Waals surface area contributed by atoms with Crippen LogP contribution in [0.5, 0.6) is 0 Å². The zero-order valence-corrected chi connectivity index (χ0v) is 11.1. The number of alkyl halides is 3. The molecule has 0 aliphatic heterocycles. The van der Waals surface area contributed by atoms with Gasteiger partial charge in [0.2, 0.25) is 5.82 Å². The number of rotatable bonds is 1. The van der Waals surface area contributed by atoms with Crippen LogP contribution in [0.2, 0.25) is 0 Å². The third kappa shape index (κ3) is 4.71. The van der Waals surface area contributed by atoms with Crippen LogP contribution < -0.4 is 0 Å². The van der Waals surface area contributed by atoms with E-state index >= 15 is 0 Å². The lowest BCUT2D eigenvalue weighted by molar-refractivity contribution is -0.391. The number of nitrogens with zero attached hydrogens (tertiary/aromatic N) is 1. The van der Waals surface area contributed by atoms with E-state index in [0.29, 0.717) is 0 Å². The zero-order chi connectivity index (χ0) is 16.7. The minimum Gasteiger partial charge on any atom is -0.258 e. The highest BCUT2D eigenvalue weighted by atomic mass is 19.4. The zero-order valence-electron chi connectivity index (χ0n) is 11.1. The fraction of sp³-hybridized carbons (Fsp3) is 0.455. The average Bonchev–Trinajstić information content (AvgIpc) is 2.36. The lowest BCUT2D eigenvalue weighted by Crippen LogP contribution is -2.14. The first-order valence-electron chi connectivity index (χ1n) is 5.55. The van der Waals surface area contributed by atoms with Crippen LogP contribution in [0.25, 0.3) is 0 Å². The summed E-state index contributed by atoms with van der Waals surface area (Å²) in [6.07, 6.45) is -5.49. The molecule has 0 aliphatic rings. The third-order valence-electron chi connectivity index (χ3n) is 1.61. The summed E-state index contributed by atoms with van der Waals surface area (Å²) < 4.78 is 74.4. The Labute approximate surface area is 111 Å². The molecule has 0 N–H and O–H groups in total. The van der Waals surface area contributed by atoms with Gasteiger partial charge in [-0.1, -0.05) is 27.7 Å². The van der Waals surface area contributed by atoms with E-state index < -0.39 is 45.9 Å². The van der Waals surface area contributed by atoms with Crippen molar-refractivity contribution in [3.05, 3.63) is 39.2 Å². The predicted octanol–water partition coefficient (Wildman–Crippen LogP) is 5.08. The number of benzene rings is 1. The lowest BCUT2D eigenvalue weighted by Gasteiger charge is -2.09. The van der Waals surface area contributed by atoms with Gasteiger partial charge in [0.15, 0.2) is 11.4 Å². The van der Waals surface area contributed by atoms with E-state index in [9.17, 15) is 36.5 Å². The van der Waals surface area contributed by atoms with E-state index in [1.807, 2.05) is 27.7 Å². The Bertz CT molecular complexity index is 459. The standard InChI is InChI=1S/C7HF6NO2.2C2H6/c8-2-1-3(9)5(10)6(14(15)16)4(2)7(11,12)13;2*1-2/h1H;2*1-2H3. The van der Waals surface area contributed by atoms with Crippen molar-refractivity contribution in [3.63, 3.8) is 0 Å². The highest BCUT2D eigenvalue weighted by Gasteiger charge is 2.45. The van der Waals surface area contributed by atoms with Gasteiger partial charge in [-0.15, -0.1) is 0 Å². The van der Waals surface area contributed by atoms with E-state index in [2.05, 4.69) is 0 Å². The van der Waals surface area contributed by atoms with Crippen LogP contribution >= 0.6 is 0 Å². The van der Waals surface area contributed by atoms with Crippen LogP contribution in [0.15, 0.2) is 6.07 Å². The van der Waals surface area contributed by atoms with E-state index in [4.69, 9.17) is 0 Å². The van der Waals surface area contributed by atoms with Crippen molar-refractivity contribution in [2.45, 2.75) is 33.9 Å². The molecule has 1 aromatic rings. The minimum absolute atomic E-state index is 0.398. The molecule has 0 aliphatic carbocycles. The van der Waals surface area contributed by atoms with Crippen molar-refractivity contribution in [2.75, 3.05) is 0 Å². The van der Waals surface area contributed by atoms with Crippen molar-refractivity contribution < 1.29 is 31.3 Å². The predicted molar refractivity (Wildman–Crippen MR) is 60.7 cm³/mol. The molecule has 0 radical (unpaired) electrons. The first-order valence-corrected chi connectivity index (χ1v) is 5.55. The Morgan fingerprint density at radius 1 is 1.00 bits per heavy atom. The molecular weight excluding hydrogens is 292 g/mol. The molecule has 0 amide bonds. The molecule has 0 unspecified atom stereocenters. The summed E-state index contributed by atoms with van der Waals surface area (Å²) in [5.74, 6) is -6.64. The van der Waals surface area contributed by atoms with Gasteiger partial charge in [0.05, 0.1) is 4.92 Å². The van der Waals surface area contributed by atoms with Crippen molar-refractivity contribution in [2.24, 2.45) is 0 Å². The van der Waals surface area contributed by atoms with Crippen molar-refractivity contribution in [1.29, 1.82) is 0 Å². The lowest BCUT2D eigenvalue weighted by atomic mass is 10.1. The molecule has 116 valence electrons. The van der Waals surface area contributed by atoms with Gasteiger partial charge >= 0.3 is 11.9 Å². The Morgan fingerprint density at radius 2 is 1.40 bits per heavy atom. The Morgan fingerprint density at radius 3 is 1.70 bits per heavy atom. The van der Waals surface area contributed by atoms with Gasteiger partial charge in [-0.25, -0.2) is 8.78 Å². The normalized spacial score (nSPS) is 9.90. The minimum atomic E-state index is -5.49. The summed E-state index contributed by atoms with van der Waals surface area (Å²) in [6, 6.07) is -0.398. The van der Waals surface area contributed by atoms with Crippen LogP contribution in [0, 0.1) is 27.6 Å². The molecule has 0 atom stereocenters. The summed E-state index contributed by atoms with van der Waals surface area (Å²) in [4.78, 5) is 8.30. The largest absolute Gasteiger partial charge is 0.425 e. The molecule has 0 bridgehead atoms. The Balaban J connectivity index is 0. The van der Waals surface area contributed by atoms with E-state index in [1.165, 1.54) is 0 Å². The molecule has 0 saturated carbocycles. The highest BCUT2D eigenvalue weighted by molar-refractivity contribution is 5.45. The van der Waals surface area contributed by atoms with Crippen molar-refractivity contribution in [1.82, 2.24) is 0 Å². The van der Waals surface area contributed by atoms with Gasteiger partial charge in [0.25, 0.3) is 0 Å². The molecule has 0 aromatic heterocycles. The number of hydrogen-bond donors (Lipinski definition) is 0. The van der Waals surface area contributed by atoms with E-state index in [0.717, 1.165) is 0 Å². The molecule has 9 heteroatoms. The summed E-state index contributed by atoms with van der Waals surface area (Å²) >= 11 is 0. The molecule has 1 aromatic carbocycles. The average molecular weight is 305 g/mol. The van der Waals surface area contributed by atoms with E-state index in [-0.39, 0.29) is 0 Å². The smallest absolute Gasteiger partial charge is 0.258 e. The van der Waals surface area contributed by atoms with Crippen LogP contribution in [0.4, 0.5) is 32.0 Å². The SMILES string of the molecule is CC.CC.O=[N+]([O-])c1c(F)c(F)cc(F)c1C(F)(F)F. The van der Waals surface area contributed by atoms with Crippen molar-refractivity contribution >= 4 is 5.69 Å². The Kier molecular flexibility index (Phi) is 8.60. The van der Waals surface area contributed by atoms with Crippen LogP contribution in [0.3, 0.4) is 0 Å². The molecule has 0 fully saturated rings. The monoisotopic (exact) mass is 305 g/mol. The number of halogens is 6. The number of hydrogen-bond acceptors (Lipinski definition) is 2. The van der Waals surface area contributed by atoms with Gasteiger partial charge in [-0.05, 0) is 0 Å². The second-order valence-corrected chi connectivity index (χ2v) is 2.63. The maximum Gasteiger partial charge on any atom is 0.425 e. The van der Waals surface area contributed by atoms with Gasteiger partial charge in [0.1, 0.15) is 5.82 Å². The molecule has 3 nitrogen and oxygen atoms in total. The number of nitro groups is 1. The maximum atomic E-state index is 12.7. The van der Waals surface area contributed by atoms with Gasteiger partial charge in [-0.3, -0.25) is 10.1 Å². The van der Waals surface area contributed by atoms with Gasteiger partial charge in [-0.2, -0.15) is 17.6 Å². The quantitative estimate of drug-likeness (QED) is 0.314. The fourth-order valence-corrected chi connectivity index (χ4v) is 1.02. The third-order valence-corrected chi connectivity index (χ3v) is 1.61. The highest BCUT2D eigenvalue weighted by Crippen LogP contribution is 2.39. The van der Waals surface area contributed by atoms with Crippen LogP contribution in [-0.2, 0) is 6.18 Å². The second-order valence-electron chi connectivity index (χ2n) is 2.63. The Hall–Kier alpha value is -1.80.